The van der Waals surface area contributed by atoms with Crippen molar-refractivity contribution in [2.45, 2.75) is 38.3 Å². The van der Waals surface area contributed by atoms with Crippen LogP contribution in [0.2, 0.25) is 5.02 Å². The zero-order valence-electron chi connectivity index (χ0n) is 21.3. The molecule has 0 saturated heterocycles. The van der Waals surface area contributed by atoms with Gasteiger partial charge in [-0.15, -0.1) is 10.2 Å². The van der Waals surface area contributed by atoms with Crippen molar-refractivity contribution >= 4 is 34.4 Å². The monoisotopic (exact) mass is 539 g/mol. The van der Waals surface area contributed by atoms with Crippen LogP contribution in [-0.2, 0) is 29.7 Å². The van der Waals surface area contributed by atoms with Crippen LogP contribution in [0, 0.1) is 6.92 Å². The van der Waals surface area contributed by atoms with Crippen LogP contribution in [0.15, 0.2) is 79.4 Å². The first-order valence-corrected chi connectivity index (χ1v) is 13.1. The number of nitrogens with zero attached hydrogens (tertiary/aromatic N) is 4. The molecule has 0 aliphatic carbocycles. The summed E-state index contributed by atoms with van der Waals surface area (Å²) in [5.74, 6) is -1.13. The van der Waals surface area contributed by atoms with Gasteiger partial charge < -0.3 is 15.0 Å². The third kappa shape index (κ3) is 4.46. The van der Waals surface area contributed by atoms with Crippen molar-refractivity contribution < 1.29 is 14.7 Å². The normalized spacial score (nSPS) is 16.7. The zero-order valence-corrected chi connectivity index (χ0v) is 22.0. The first-order valence-electron chi connectivity index (χ1n) is 12.7. The Labute approximate surface area is 229 Å². The Morgan fingerprint density at radius 1 is 1.05 bits per heavy atom. The number of hydrogen-bond donors (Lipinski definition) is 2. The molecule has 0 unspecified atom stereocenters. The maximum absolute atomic E-state index is 13.8. The molecule has 3 heterocycles. The Morgan fingerprint density at radius 3 is 2.54 bits per heavy atom. The Kier molecular flexibility index (Phi) is 6.19. The highest BCUT2D eigenvalue weighted by molar-refractivity contribution is 6.34. The minimum Gasteiger partial charge on any atom is -0.481 e. The summed E-state index contributed by atoms with van der Waals surface area (Å²) in [7, 11) is 0. The maximum Gasteiger partial charge on any atom is 0.307 e. The average molecular weight is 540 g/mol. The van der Waals surface area contributed by atoms with E-state index in [1.807, 2.05) is 49.4 Å². The van der Waals surface area contributed by atoms with Gasteiger partial charge in [0, 0.05) is 22.3 Å². The molecule has 1 aliphatic heterocycles. The van der Waals surface area contributed by atoms with Crippen LogP contribution in [0.25, 0.3) is 16.6 Å². The van der Waals surface area contributed by atoms with Gasteiger partial charge in [0.15, 0.2) is 0 Å². The summed E-state index contributed by atoms with van der Waals surface area (Å²) in [6.45, 7) is 2.47. The van der Waals surface area contributed by atoms with Gasteiger partial charge in [-0.05, 0) is 61.2 Å². The van der Waals surface area contributed by atoms with Crippen LogP contribution in [0.1, 0.15) is 39.2 Å². The number of carbonyl (C=O) groups is 2. The Hall–Kier alpha value is -4.43. The molecule has 3 aromatic carbocycles. The van der Waals surface area contributed by atoms with Crippen LogP contribution in [0.3, 0.4) is 0 Å². The topological polar surface area (TPSA) is 102 Å². The number of hydrogen-bond acceptors (Lipinski definition) is 4. The van der Waals surface area contributed by atoms with E-state index in [9.17, 15) is 14.7 Å². The minimum atomic E-state index is -0.857. The molecule has 5 aromatic rings. The number of rotatable bonds is 6. The zero-order chi connectivity index (χ0) is 27.1. The van der Waals surface area contributed by atoms with Gasteiger partial charge in [-0.2, -0.15) is 0 Å². The van der Waals surface area contributed by atoms with E-state index in [0.717, 1.165) is 39.0 Å². The maximum atomic E-state index is 13.8. The van der Waals surface area contributed by atoms with Crippen molar-refractivity contribution in [3.8, 4) is 5.69 Å². The van der Waals surface area contributed by atoms with E-state index >= 15 is 0 Å². The largest absolute Gasteiger partial charge is 0.481 e. The number of benzene rings is 3. The molecule has 2 aromatic heterocycles. The lowest BCUT2D eigenvalue weighted by molar-refractivity contribution is -0.136. The molecule has 9 heteroatoms. The summed E-state index contributed by atoms with van der Waals surface area (Å²) in [5, 5.41) is 21.9. The highest BCUT2D eigenvalue weighted by atomic mass is 35.5. The molecule has 0 fully saturated rings. The summed E-state index contributed by atoms with van der Waals surface area (Å²) < 4.78 is 3.90. The summed E-state index contributed by atoms with van der Waals surface area (Å²) in [4.78, 5) is 25.5. The Morgan fingerprint density at radius 2 is 1.82 bits per heavy atom. The molecular formula is C30H26ClN5O3. The van der Waals surface area contributed by atoms with Gasteiger partial charge in [0.05, 0.1) is 29.1 Å². The molecule has 8 nitrogen and oxygen atoms in total. The second-order valence-electron chi connectivity index (χ2n) is 10.0. The van der Waals surface area contributed by atoms with Crippen molar-refractivity contribution in [1.82, 2.24) is 24.6 Å². The van der Waals surface area contributed by atoms with E-state index in [2.05, 4.69) is 26.1 Å². The van der Waals surface area contributed by atoms with Crippen molar-refractivity contribution in [3.05, 3.63) is 112 Å². The SMILES string of the molecule is Cc1ccc2c(c1)c(CC(=O)O)c1n2C[C@@](NC(=O)c2ccc(-n3cnnc3)cc2Cl)(c2ccccc2)CC1. The van der Waals surface area contributed by atoms with E-state index in [1.54, 1.807) is 35.4 Å². The lowest BCUT2D eigenvalue weighted by Crippen LogP contribution is -2.51. The lowest BCUT2D eigenvalue weighted by Gasteiger charge is -2.40. The fourth-order valence-electron chi connectivity index (χ4n) is 5.72. The summed E-state index contributed by atoms with van der Waals surface area (Å²) in [6.07, 6.45) is 4.32. The van der Waals surface area contributed by atoms with Gasteiger partial charge in [0.1, 0.15) is 12.7 Å². The molecule has 196 valence electrons. The summed E-state index contributed by atoms with van der Waals surface area (Å²) in [5.41, 5.74) is 5.28. The molecule has 0 spiro atoms. The van der Waals surface area contributed by atoms with Crippen LogP contribution in [0.4, 0.5) is 0 Å². The van der Waals surface area contributed by atoms with Gasteiger partial charge in [-0.1, -0.05) is 53.6 Å². The molecule has 0 radical (unpaired) electrons. The molecule has 1 aliphatic rings. The standard InChI is InChI=1S/C30H26ClN5O3/c1-19-7-10-26-23(13-19)24(15-28(37)38)27-11-12-30(16-36(26)27,20-5-3-2-4-6-20)34-29(39)22-9-8-21(14-25(22)31)35-17-32-33-18-35/h2-10,13-14,17-18H,11-12,15-16H2,1H3,(H,34,39)(H,37,38)/t30-/m1/s1. The Balaban J connectivity index is 1.42. The molecule has 0 bridgehead atoms. The number of fused-ring (bicyclic) bond motifs is 3. The van der Waals surface area contributed by atoms with Crippen molar-refractivity contribution in [2.75, 3.05) is 0 Å². The number of amides is 1. The number of carboxylic acids is 1. The number of aliphatic carboxylic acids is 1. The fourth-order valence-corrected chi connectivity index (χ4v) is 5.98. The van der Waals surface area contributed by atoms with Crippen molar-refractivity contribution in [3.63, 3.8) is 0 Å². The second kappa shape index (κ2) is 9.71. The van der Waals surface area contributed by atoms with Crippen LogP contribution in [-0.4, -0.2) is 36.3 Å². The quantitative estimate of drug-likeness (QED) is 0.313. The molecule has 2 N–H and O–H groups in total. The molecular weight excluding hydrogens is 514 g/mol. The molecule has 6 rings (SSSR count). The molecule has 1 amide bonds. The first kappa shape index (κ1) is 24.9. The summed E-state index contributed by atoms with van der Waals surface area (Å²) >= 11 is 6.60. The predicted octanol–water partition coefficient (Wildman–Crippen LogP) is 5.08. The number of aromatic nitrogens is 4. The van der Waals surface area contributed by atoms with Crippen molar-refractivity contribution in [1.29, 1.82) is 0 Å². The molecule has 0 saturated carbocycles. The van der Waals surface area contributed by atoms with Crippen LogP contribution in [0.5, 0.6) is 0 Å². The Bertz CT molecular complexity index is 1710. The molecule has 39 heavy (non-hydrogen) atoms. The van der Waals surface area contributed by atoms with Gasteiger partial charge in [-0.25, -0.2) is 0 Å². The number of halogens is 1. The highest BCUT2D eigenvalue weighted by Gasteiger charge is 2.40. The highest BCUT2D eigenvalue weighted by Crippen LogP contribution is 2.40. The van der Waals surface area contributed by atoms with Gasteiger partial charge in [-0.3, -0.25) is 14.2 Å². The second-order valence-corrected chi connectivity index (χ2v) is 10.4. The van der Waals surface area contributed by atoms with Gasteiger partial charge in [0.25, 0.3) is 5.91 Å². The van der Waals surface area contributed by atoms with Gasteiger partial charge >= 0.3 is 5.97 Å². The summed E-state index contributed by atoms with van der Waals surface area (Å²) in [6, 6.07) is 21.3. The van der Waals surface area contributed by atoms with Gasteiger partial charge in [0.2, 0.25) is 0 Å². The lowest BCUT2D eigenvalue weighted by atomic mass is 9.81. The van der Waals surface area contributed by atoms with E-state index in [4.69, 9.17) is 11.6 Å². The number of aryl methyl sites for hydroxylation is 1. The molecule has 1 atom stereocenters. The van der Waals surface area contributed by atoms with E-state index in [-0.39, 0.29) is 12.3 Å². The third-order valence-corrected chi connectivity index (χ3v) is 7.89. The van der Waals surface area contributed by atoms with Crippen molar-refractivity contribution in [2.24, 2.45) is 0 Å². The van der Waals surface area contributed by atoms with E-state index in [1.165, 1.54) is 0 Å². The average Bonchev–Trinajstić information content (AvgIpc) is 3.56. The third-order valence-electron chi connectivity index (χ3n) is 7.58. The number of carbonyl (C=O) groups excluding carboxylic acids is 1. The fraction of sp³-hybridized carbons (Fsp3) is 0.200. The predicted molar refractivity (Wildman–Crippen MR) is 148 cm³/mol. The number of nitrogens with one attached hydrogen (secondary N) is 1. The van der Waals surface area contributed by atoms with E-state index in [0.29, 0.717) is 30.0 Å². The smallest absolute Gasteiger partial charge is 0.307 e. The first-order chi connectivity index (χ1) is 18.8. The number of carboxylic acid groups (broad SMARTS) is 1. The van der Waals surface area contributed by atoms with Crippen LogP contribution >= 0.6 is 11.6 Å². The minimum absolute atomic E-state index is 0.0403. The van der Waals surface area contributed by atoms with Crippen LogP contribution < -0.4 is 5.32 Å². The van der Waals surface area contributed by atoms with E-state index < -0.39 is 11.5 Å².